The fourth-order valence-electron chi connectivity index (χ4n) is 4.75. The van der Waals surface area contributed by atoms with Crippen LogP contribution >= 0.6 is 0 Å². The first kappa shape index (κ1) is 17.7. The number of nitrogens with one attached hydrogen (secondary N) is 1. The lowest BCUT2D eigenvalue weighted by Gasteiger charge is -2.38. The van der Waals surface area contributed by atoms with Crippen LogP contribution in [0, 0.1) is 5.92 Å². The van der Waals surface area contributed by atoms with Gasteiger partial charge in [-0.05, 0) is 31.7 Å². The predicted octanol–water partition coefficient (Wildman–Crippen LogP) is 3.06. The highest BCUT2D eigenvalue weighted by atomic mass is 16.2. The average molecular weight is 358 g/mol. The quantitative estimate of drug-likeness (QED) is 0.897. The van der Waals surface area contributed by atoms with Crippen molar-refractivity contribution >= 4 is 17.7 Å². The van der Waals surface area contributed by atoms with Gasteiger partial charge in [0.2, 0.25) is 11.9 Å². The van der Waals surface area contributed by atoms with Crippen molar-refractivity contribution < 1.29 is 4.79 Å². The Hall–Kier alpha value is -1.69. The topological polar surface area (TPSA) is 61.4 Å². The fraction of sp³-hybridized carbons (Fsp3) is 0.750. The van der Waals surface area contributed by atoms with E-state index in [0.717, 1.165) is 63.7 Å². The molecule has 1 saturated heterocycles. The number of amides is 1. The van der Waals surface area contributed by atoms with Gasteiger partial charge in [0.25, 0.3) is 0 Å². The number of aromatic nitrogens is 2. The molecule has 6 heteroatoms. The molecule has 2 saturated carbocycles. The van der Waals surface area contributed by atoms with Crippen molar-refractivity contribution in [3.8, 4) is 0 Å². The van der Waals surface area contributed by atoms with E-state index in [1.165, 1.54) is 32.1 Å². The van der Waals surface area contributed by atoms with E-state index >= 15 is 0 Å². The number of rotatable bonds is 4. The molecule has 142 valence electrons. The van der Waals surface area contributed by atoms with Gasteiger partial charge < -0.3 is 4.90 Å². The molecule has 0 spiro atoms. The zero-order valence-corrected chi connectivity index (χ0v) is 15.7. The lowest BCUT2D eigenvalue weighted by atomic mass is 9.89. The van der Waals surface area contributed by atoms with Crippen LogP contribution in [-0.4, -0.2) is 53.0 Å². The van der Waals surface area contributed by atoms with Crippen molar-refractivity contribution in [1.82, 2.24) is 14.9 Å². The van der Waals surface area contributed by atoms with Crippen LogP contribution in [0.2, 0.25) is 0 Å². The van der Waals surface area contributed by atoms with Crippen LogP contribution in [0.4, 0.5) is 11.8 Å². The predicted molar refractivity (Wildman–Crippen MR) is 103 cm³/mol. The molecule has 4 rings (SSSR count). The van der Waals surface area contributed by atoms with Crippen molar-refractivity contribution in [2.45, 2.75) is 63.8 Å². The number of carbonyl (C=O) groups is 1. The summed E-state index contributed by atoms with van der Waals surface area (Å²) in [6.07, 6.45) is 12.8. The number of anilines is 2. The van der Waals surface area contributed by atoms with Crippen molar-refractivity contribution in [3.63, 3.8) is 0 Å². The molecular weight excluding hydrogens is 326 g/mol. The van der Waals surface area contributed by atoms with Crippen molar-refractivity contribution in [1.29, 1.82) is 0 Å². The maximum Gasteiger partial charge on any atom is 0.231 e. The average Bonchev–Trinajstić information content (AvgIpc) is 3.24. The molecule has 1 amide bonds. The molecule has 0 bridgehead atoms. The highest BCUT2D eigenvalue weighted by Crippen LogP contribution is 2.26. The van der Waals surface area contributed by atoms with E-state index in [1.54, 1.807) is 6.20 Å². The fourth-order valence-corrected chi connectivity index (χ4v) is 4.75. The van der Waals surface area contributed by atoms with Crippen LogP contribution in [0.25, 0.3) is 0 Å². The van der Waals surface area contributed by atoms with E-state index in [2.05, 4.69) is 25.1 Å². The summed E-state index contributed by atoms with van der Waals surface area (Å²) < 4.78 is 0. The first-order valence-corrected chi connectivity index (χ1v) is 10.4. The molecule has 2 aliphatic carbocycles. The molecule has 3 fully saturated rings. The van der Waals surface area contributed by atoms with Gasteiger partial charge in [-0.3, -0.25) is 15.0 Å². The number of hydrogen-bond acceptors (Lipinski definition) is 5. The zero-order chi connectivity index (χ0) is 17.8. The molecule has 0 unspecified atom stereocenters. The van der Waals surface area contributed by atoms with Gasteiger partial charge in [-0.1, -0.05) is 32.1 Å². The first-order valence-electron chi connectivity index (χ1n) is 10.4. The van der Waals surface area contributed by atoms with E-state index < -0.39 is 0 Å². The van der Waals surface area contributed by atoms with Crippen molar-refractivity contribution in [3.05, 3.63) is 12.3 Å². The first-order chi connectivity index (χ1) is 12.8. The summed E-state index contributed by atoms with van der Waals surface area (Å²) in [5.74, 6) is 1.61. The molecule has 1 N–H and O–H groups in total. The maximum atomic E-state index is 12.4. The monoisotopic (exact) mass is 357 g/mol. The molecule has 6 nitrogen and oxygen atoms in total. The van der Waals surface area contributed by atoms with E-state index in [4.69, 9.17) is 0 Å². The highest BCUT2D eigenvalue weighted by molar-refractivity contribution is 5.91. The Morgan fingerprint density at radius 2 is 1.65 bits per heavy atom. The summed E-state index contributed by atoms with van der Waals surface area (Å²) in [5.41, 5.74) is 0. The summed E-state index contributed by atoms with van der Waals surface area (Å²) in [7, 11) is 0. The van der Waals surface area contributed by atoms with Crippen molar-refractivity contribution in [2.24, 2.45) is 5.92 Å². The molecule has 0 radical (unpaired) electrons. The van der Waals surface area contributed by atoms with Gasteiger partial charge in [0.05, 0.1) is 0 Å². The summed E-state index contributed by atoms with van der Waals surface area (Å²) in [4.78, 5) is 26.3. The Morgan fingerprint density at radius 3 is 2.38 bits per heavy atom. The SMILES string of the molecule is O=C(Nc1nccc(N2CCN(C3CCCC3)CC2)n1)C1CCCCC1. The summed E-state index contributed by atoms with van der Waals surface area (Å²) in [5, 5.41) is 2.95. The molecule has 0 atom stereocenters. The van der Waals surface area contributed by atoms with E-state index in [0.29, 0.717) is 5.95 Å². The van der Waals surface area contributed by atoms with Gasteiger partial charge in [0.1, 0.15) is 5.82 Å². The summed E-state index contributed by atoms with van der Waals surface area (Å²) in [6, 6.07) is 2.76. The van der Waals surface area contributed by atoms with E-state index in [9.17, 15) is 4.79 Å². The second-order valence-corrected chi connectivity index (χ2v) is 8.02. The second-order valence-electron chi connectivity index (χ2n) is 8.02. The third-order valence-corrected chi connectivity index (χ3v) is 6.33. The summed E-state index contributed by atoms with van der Waals surface area (Å²) >= 11 is 0. The Morgan fingerprint density at radius 1 is 0.962 bits per heavy atom. The van der Waals surface area contributed by atoms with Crippen LogP contribution < -0.4 is 10.2 Å². The van der Waals surface area contributed by atoms with Crippen LogP contribution in [-0.2, 0) is 4.79 Å². The smallest absolute Gasteiger partial charge is 0.231 e. The van der Waals surface area contributed by atoms with Gasteiger partial charge in [-0.15, -0.1) is 0 Å². The Bertz CT molecular complexity index is 602. The number of nitrogens with zero attached hydrogens (tertiary/aromatic N) is 4. The molecule has 3 aliphatic rings. The van der Waals surface area contributed by atoms with Crippen LogP contribution in [0.15, 0.2) is 12.3 Å². The minimum atomic E-state index is 0.0907. The third kappa shape index (κ3) is 4.17. The van der Waals surface area contributed by atoms with Gasteiger partial charge in [-0.2, -0.15) is 4.98 Å². The highest BCUT2D eigenvalue weighted by Gasteiger charge is 2.27. The van der Waals surface area contributed by atoms with Crippen LogP contribution in [0.5, 0.6) is 0 Å². The van der Waals surface area contributed by atoms with E-state index in [1.807, 2.05) is 6.07 Å². The molecule has 1 aliphatic heterocycles. The molecular formula is C20H31N5O. The molecule has 1 aromatic heterocycles. The Kier molecular flexibility index (Phi) is 5.68. The van der Waals surface area contributed by atoms with Gasteiger partial charge >= 0.3 is 0 Å². The second kappa shape index (κ2) is 8.33. The van der Waals surface area contributed by atoms with Crippen molar-refractivity contribution in [2.75, 3.05) is 36.4 Å². The zero-order valence-electron chi connectivity index (χ0n) is 15.7. The normalized spacial score (nSPS) is 23.3. The van der Waals surface area contributed by atoms with E-state index in [-0.39, 0.29) is 11.8 Å². The standard InChI is InChI=1S/C20H31N5O/c26-19(16-6-2-1-3-7-16)23-20-21-11-10-18(22-20)25-14-12-24(13-15-25)17-8-4-5-9-17/h10-11,16-17H,1-9,12-15H2,(H,21,22,23,26). The van der Waals surface area contributed by atoms with Gasteiger partial charge in [0, 0.05) is 44.3 Å². The molecule has 2 heterocycles. The Balaban J connectivity index is 1.33. The minimum Gasteiger partial charge on any atom is -0.354 e. The number of piperazine rings is 1. The molecule has 26 heavy (non-hydrogen) atoms. The lowest BCUT2D eigenvalue weighted by Crippen LogP contribution is -2.50. The van der Waals surface area contributed by atoms with Gasteiger partial charge in [0.15, 0.2) is 0 Å². The third-order valence-electron chi connectivity index (χ3n) is 6.33. The van der Waals surface area contributed by atoms with Crippen LogP contribution in [0.1, 0.15) is 57.8 Å². The van der Waals surface area contributed by atoms with Crippen LogP contribution in [0.3, 0.4) is 0 Å². The lowest BCUT2D eigenvalue weighted by molar-refractivity contribution is -0.120. The molecule has 0 aromatic carbocycles. The number of carbonyl (C=O) groups excluding carboxylic acids is 1. The summed E-state index contributed by atoms with van der Waals surface area (Å²) in [6.45, 7) is 4.23. The minimum absolute atomic E-state index is 0.0907. The Labute approximate surface area is 156 Å². The number of hydrogen-bond donors (Lipinski definition) is 1. The largest absolute Gasteiger partial charge is 0.354 e. The maximum absolute atomic E-state index is 12.4. The molecule has 1 aromatic rings. The van der Waals surface area contributed by atoms with Gasteiger partial charge in [-0.25, -0.2) is 4.98 Å².